The average Bonchev–Trinajstić information content (AvgIpc) is 3.10. The molecule has 9 heteroatoms. The highest BCUT2D eigenvalue weighted by Gasteiger charge is 2.30. The van der Waals surface area contributed by atoms with Gasteiger partial charge >= 0.3 is 0 Å². The SMILES string of the molecule is CCn1c(S[C@H](C)c2nc3scc(-c4cccs4)c3c(=O)[nH]2)nnc1C1CC1. The number of aromatic nitrogens is 5. The number of aromatic amines is 1. The Morgan fingerprint density at radius 3 is 2.93 bits per heavy atom. The van der Waals surface area contributed by atoms with Gasteiger partial charge in [-0.1, -0.05) is 17.8 Å². The maximum atomic E-state index is 12.8. The molecule has 1 saturated carbocycles. The maximum Gasteiger partial charge on any atom is 0.260 e. The Labute approximate surface area is 174 Å². The minimum Gasteiger partial charge on any atom is -0.309 e. The van der Waals surface area contributed by atoms with Crippen LogP contribution in [0.4, 0.5) is 0 Å². The van der Waals surface area contributed by atoms with Crippen LogP contribution in [0, 0.1) is 0 Å². The predicted octanol–water partition coefficient (Wildman–Crippen LogP) is 5.06. The molecule has 4 aromatic rings. The maximum absolute atomic E-state index is 12.8. The molecule has 1 aliphatic rings. The Balaban J connectivity index is 1.47. The summed E-state index contributed by atoms with van der Waals surface area (Å²) in [6.45, 7) is 5.02. The Morgan fingerprint density at radius 1 is 1.36 bits per heavy atom. The summed E-state index contributed by atoms with van der Waals surface area (Å²) in [4.78, 5) is 22.5. The van der Waals surface area contributed by atoms with Gasteiger partial charge in [-0.15, -0.1) is 32.9 Å². The van der Waals surface area contributed by atoms with Crippen LogP contribution < -0.4 is 5.56 Å². The Hall–Kier alpha value is -1.97. The van der Waals surface area contributed by atoms with E-state index in [0.29, 0.717) is 17.1 Å². The predicted molar refractivity (Wildman–Crippen MR) is 115 cm³/mol. The van der Waals surface area contributed by atoms with Crippen molar-refractivity contribution in [2.75, 3.05) is 0 Å². The summed E-state index contributed by atoms with van der Waals surface area (Å²) in [7, 11) is 0. The summed E-state index contributed by atoms with van der Waals surface area (Å²) in [6.07, 6.45) is 2.41. The molecule has 4 heterocycles. The van der Waals surface area contributed by atoms with Crippen molar-refractivity contribution in [2.45, 2.75) is 49.6 Å². The van der Waals surface area contributed by atoms with E-state index in [4.69, 9.17) is 4.98 Å². The van der Waals surface area contributed by atoms with E-state index in [0.717, 1.165) is 32.8 Å². The summed E-state index contributed by atoms with van der Waals surface area (Å²) in [5, 5.41) is 14.4. The van der Waals surface area contributed by atoms with Crippen LogP contribution in [-0.2, 0) is 6.54 Å². The van der Waals surface area contributed by atoms with Gasteiger partial charge in [-0.05, 0) is 38.1 Å². The molecule has 1 fully saturated rings. The average molecular weight is 430 g/mol. The lowest BCUT2D eigenvalue weighted by Gasteiger charge is -2.11. The van der Waals surface area contributed by atoms with Crippen molar-refractivity contribution in [3.8, 4) is 10.4 Å². The van der Waals surface area contributed by atoms with Gasteiger partial charge in [0.15, 0.2) is 5.16 Å². The number of thiophene rings is 2. The smallest absolute Gasteiger partial charge is 0.260 e. The van der Waals surface area contributed by atoms with E-state index >= 15 is 0 Å². The van der Waals surface area contributed by atoms with E-state index in [1.807, 2.05) is 29.8 Å². The summed E-state index contributed by atoms with van der Waals surface area (Å²) in [5.41, 5.74) is 0.892. The minimum atomic E-state index is -0.0762. The molecular weight excluding hydrogens is 410 g/mol. The van der Waals surface area contributed by atoms with Crippen molar-refractivity contribution < 1.29 is 0 Å². The van der Waals surface area contributed by atoms with Gasteiger partial charge in [0.05, 0.1) is 10.6 Å². The van der Waals surface area contributed by atoms with Gasteiger partial charge in [-0.3, -0.25) is 4.79 Å². The van der Waals surface area contributed by atoms with E-state index in [1.165, 1.54) is 24.2 Å². The molecule has 0 radical (unpaired) electrons. The molecule has 4 aromatic heterocycles. The van der Waals surface area contributed by atoms with E-state index in [2.05, 4.69) is 26.7 Å². The van der Waals surface area contributed by atoms with Gasteiger partial charge in [0.1, 0.15) is 16.5 Å². The summed E-state index contributed by atoms with van der Waals surface area (Å²) >= 11 is 4.75. The van der Waals surface area contributed by atoms with Gasteiger partial charge in [0, 0.05) is 28.3 Å². The summed E-state index contributed by atoms with van der Waals surface area (Å²) < 4.78 is 2.19. The molecule has 1 aliphatic carbocycles. The van der Waals surface area contributed by atoms with Crippen LogP contribution in [0.1, 0.15) is 49.5 Å². The second-order valence-electron chi connectivity index (χ2n) is 6.88. The molecule has 0 aromatic carbocycles. The molecule has 0 unspecified atom stereocenters. The van der Waals surface area contributed by atoms with E-state index < -0.39 is 0 Å². The zero-order valence-corrected chi connectivity index (χ0v) is 18.0. The normalized spacial score (nSPS) is 15.4. The minimum absolute atomic E-state index is 0.0223. The number of H-pyrrole nitrogens is 1. The second kappa shape index (κ2) is 7.13. The molecule has 1 atom stereocenters. The molecular formula is C19H19N5OS3. The first-order valence-electron chi connectivity index (χ1n) is 9.30. The van der Waals surface area contributed by atoms with E-state index in [1.54, 1.807) is 23.1 Å². The first-order chi connectivity index (χ1) is 13.7. The number of thioether (sulfide) groups is 1. The molecule has 5 rings (SSSR count). The highest BCUT2D eigenvalue weighted by atomic mass is 32.2. The monoisotopic (exact) mass is 429 g/mol. The lowest BCUT2D eigenvalue weighted by molar-refractivity contribution is 0.642. The highest BCUT2D eigenvalue weighted by Crippen LogP contribution is 2.41. The van der Waals surface area contributed by atoms with Crippen molar-refractivity contribution in [2.24, 2.45) is 0 Å². The molecule has 1 N–H and O–H groups in total. The topological polar surface area (TPSA) is 76.5 Å². The van der Waals surface area contributed by atoms with Gasteiger partial charge < -0.3 is 9.55 Å². The van der Waals surface area contributed by atoms with Crippen molar-refractivity contribution in [3.05, 3.63) is 44.9 Å². The van der Waals surface area contributed by atoms with Crippen molar-refractivity contribution in [1.29, 1.82) is 0 Å². The number of hydrogen-bond donors (Lipinski definition) is 1. The van der Waals surface area contributed by atoms with Crippen LogP contribution in [0.5, 0.6) is 0 Å². The number of nitrogens with one attached hydrogen (secondary N) is 1. The summed E-state index contributed by atoms with van der Waals surface area (Å²) in [6, 6.07) is 4.03. The molecule has 28 heavy (non-hydrogen) atoms. The Morgan fingerprint density at radius 2 is 2.21 bits per heavy atom. The van der Waals surface area contributed by atoms with Crippen LogP contribution in [0.2, 0.25) is 0 Å². The molecule has 0 amide bonds. The fraction of sp³-hybridized carbons (Fsp3) is 0.368. The van der Waals surface area contributed by atoms with E-state index in [9.17, 15) is 4.79 Å². The third kappa shape index (κ3) is 3.11. The molecule has 0 aliphatic heterocycles. The van der Waals surface area contributed by atoms with E-state index in [-0.39, 0.29) is 10.8 Å². The van der Waals surface area contributed by atoms with Gasteiger partial charge in [-0.25, -0.2) is 4.98 Å². The molecule has 0 bridgehead atoms. The number of nitrogens with zero attached hydrogens (tertiary/aromatic N) is 4. The van der Waals surface area contributed by atoms with Crippen LogP contribution >= 0.6 is 34.4 Å². The molecule has 0 saturated heterocycles. The zero-order chi connectivity index (χ0) is 19.3. The van der Waals surface area contributed by atoms with Crippen molar-refractivity contribution in [1.82, 2.24) is 24.7 Å². The lowest BCUT2D eigenvalue weighted by atomic mass is 10.2. The molecule has 144 valence electrons. The largest absolute Gasteiger partial charge is 0.309 e. The van der Waals surface area contributed by atoms with Crippen LogP contribution in [0.25, 0.3) is 20.7 Å². The van der Waals surface area contributed by atoms with Gasteiger partial charge in [-0.2, -0.15) is 0 Å². The standard InChI is InChI=1S/C19H19N5OS3/c1-3-24-16(11-6-7-11)22-23-19(24)28-10(2)15-20-17(25)14-12(9-27-18(14)21-15)13-5-4-8-26-13/h4-5,8-11H,3,6-7H2,1-2H3,(H,20,21,25)/t10-/m1/s1. The number of hydrogen-bond acceptors (Lipinski definition) is 7. The van der Waals surface area contributed by atoms with Crippen molar-refractivity contribution in [3.63, 3.8) is 0 Å². The molecule has 0 spiro atoms. The Kier molecular flexibility index (Phi) is 4.60. The van der Waals surface area contributed by atoms with Crippen LogP contribution in [0.15, 0.2) is 32.8 Å². The highest BCUT2D eigenvalue weighted by molar-refractivity contribution is 7.99. The van der Waals surface area contributed by atoms with Crippen molar-refractivity contribution >= 4 is 44.7 Å². The Bertz CT molecular complexity index is 1190. The van der Waals surface area contributed by atoms with Gasteiger partial charge in [0.2, 0.25) is 0 Å². The fourth-order valence-corrected chi connectivity index (χ4v) is 6.06. The lowest BCUT2D eigenvalue weighted by Crippen LogP contribution is -2.12. The second-order valence-corrected chi connectivity index (χ2v) is 9.99. The molecule has 6 nitrogen and oxygen atoms in total. The van der Waals surface area contributed by atoms with Crippen LogP contribution in [-0.4, -0.2) is 24.7 Å². The summed E-state index contributed by atoms with van der Waals surface area (Å²) in [5.74, 6) is 2.34. The van der Waals surface area contributed by atoms with Gasteiger partial charge in [0.25, 0.3) is 5.56 Å². The third-order valence-corrected chi connectivity index (χ3v) is 7.79. The quantitative estimate of drug-likeness (QED) is 0.434. The fourth-order valence-electron chi connectivity index (χ4n) is 3.31. The zero-order valence-electron chi connectivity index (χ0n) is 15.5. The third-order valence-electron chi connectivity index (χ3n) is 4.92. The van der Waals surface area contributed by atoms with Crippen LogP contribution in [0.3, 0.4) is 0 Å². The number of fused-ring (bicyclic) bond motifs is 1. The number of rotatable bonds is 6. The first kappa shape index (κ1) is 18.1. The first-order valence-corrected chi connectivity index (χ1v) is 11.9.